The van der Waals surface area contributed by atoms with Gasteiger partial charge in [0.05, 0.1) is 6.10 Å². The molecule has 0 aliphatic carbocycles. The third-order valence-electron chi connectivity index (χ3n) is 3.12. The van der Waals surface area contributed by atoms with E-state index in [-0.39, 0.29) is 17.6 Å². The fraction of sp³-hybridized carbons (Fsp3) is 1.00. The van der Waals surface area contributed by atoms with E-state index in [1.54, 1.807) is 0 Å². The maximum absolute atomic E-state index is 9.35. The van der Waals surface area contributed by atoms with Gasteiger partial charge < -0.3 is 15.7 Å². The van der Waals surface area contributed by atoms with E-state index in [0.717, 1.165) is 32.5 Å². The van der Waals surface area contributed by atoms with Crippen LogP contribution in [0.5, 0.6) is 0 Å². The number of aliphatic hydroxyl groups is 1. The van der Waals surface area contributed by atoms with Crippen LogP contribution in [0.4, 0.5) is 0 Å². The van der Waals surface area contributed by atoms with E-state index >= 15 is 0 Å². The van der Waals surface area contributed by atoms with Gasteiger partial charge in [-0.1, -0.05) is 20.8 Å². The summed E-state index contributed by atoms with van der Waals surface area (Å²) in [6.07, 6.45) is 1.84. The molecule has 1 rings (SSSR count). The molecule has 3 nitrogen and oxygen atoms in total. The van der Waals surface area contributed by atoms with Crippen LogP contribution in [0.3, 0.4) is 0 Å². The van der Waals surface area contributed by atoms with Crippen LogP contribution in [-0.4, -0.2) is 41.8 Å². The summed E-state index contributed by atoms with van der Waals surface area (Å²) in [6, 6.07) is 0.250. The van der Waals surface area contributed by atoms with Gasteiger partial charge in [-0.2, -0.15) is 0 Å². The lowest BCUT2D eigenvalue weighted by atomic mass is 9.85. The first-order valence-electron chi connectivity index (χ1n) is 5.55. The van der Waals surface area contributed by atoms with Crippen molar-refractivity contribution in [3.05, 3.63) is 0 Å². The Kier molecular flexibility index (Phi) is 3.93. The highest BCUT2D eigenvalue weighted by Crippen LogP contribution is 2.20. The molecular weight excluding hydrogens is 176 g/mol. The highest BCUT2D eigenvalue weighted by Gasteiger charge is 2.24. The van der Waals surface area contributed by atoms with Crippen molar-refractivity contribution in [1.82, 2.24) is 4.90 Å². The van der Waals surface area contributed by atoms with Crippen molar-refractivity contribution in [3.8, 4) is 0 Å². The SMILES string of the molecule is CC(C)(C)C(N)CCN1CCC(O)C1. The number of nitrogens with two attached hydrogens (primary N) is 1. The summed E-state index contributed by atoms with van der Waals surface area (Å²) in [5, 5.41) is 9.35. The quantitative estimate of drug-likeness (QED) is 0.709. The van der Waals surface area contributed by atoms with Gasteiger partial charge in [0.25, 0.3) is 0 Å². The van der Waals surface area contributed by atoms with Crippen LogP contribution in [-0.2, 0) is 0 Å². The number of aliphatic hydroxyl groups excluding tert-OH is 1. The zero-order chi connectivity index (χ0) is 10.8. The van der Waals surface area contributed by atoms with Crippen molar-refractivity contribution in [2.45, 2.75) is 45.8 Å². The smallest absolute Gasteiger partial charge is 0.0679 e. The van der Waals surface area contributed by atoms with Gasteiger partial charge >= 0.3 is 0 Å². The van der Waals surface area contributed by atoms with Gasteiger partial charge in [0.2, 0.25) is 0 Å². The van der Waals surface area contributed by atoms with Gasteiger partial charge in [0.1, 0.15) is 0 Å². The van der Waals surface area contributed by atoms with Crippen molar-refractivity contribution < 1.29 is 5.11 Å². The minimum absolute atomic E-state index is 0.110. The Balaban J connectivity index is 2.21. The molecule has 1 fully saturated rings. The van der Waals surface area contributed by atoms with Crippen LogP contribution in [0.1, 0.15) is 33.6 Å². The Morgan fingerprint density at radius 2 is 2.14 bits per heavy atom. The summed E-state index contributed by atoms with van der Waals surface area (Å²) in [7, 11) is 0. The van der Waals surface area contributed by atoms with Gasteiger partial charge in [0.15, 0.2) is 0 Å². The molecule has 14 heavy (non-hydrogen) atoms. The third-order valence-corrected chi connectivity index (χ3v) is 3.12. The number of hydrogen-bond acceptors (Lipinski definition) is 3. The van der Waals surface area contributed by atoms with Crippen molar-refractivity contribution in [2.75, 3.05) is 19.6 Å². The number of β-amino-alcohol motifs (C(OH)–C–C–N with tert-alkyl or cyclic N) is 1. The lowest BCUT2D eigenvalue weighted by molar-refractivity contribution is 0.172. The summed E-state index contributed by atoms with van der Waals surface area (Å²) >= 11 is 0. The van der Waals surface area contributed by atoms with Crippen LogP contribution >= 0.6 is 0 Å². The summed E-state index contributed by atoms with van der Waals surface area (Å²) in [5.41, 5.74) is 6.27. The van der Waals surface area contributed by atoms with Gasteiger partial charge in [-0.25, -0.2) is 0 Å². The first-order valence-corrected chi connectivity index (χ1v) is 5.55. The van der Waals surface area contributed by atoms with E-state index < -0.39 is 0 Å². The predicted molar refractivity (Wildman–Crippen MR) is 59.1 cm³/mol. The van der Waals surface area contributed by atoms with Gasteiger partial charge in [-0.05, 0) is 24.8 Å². The normalized spacial score (nSPS) is 26.8. The van der Waals surface area contributed by atoms with Crippen LogP contribution < -0.4 is 5.73 Å². The molecule has 2 atom stereocenters. The zero-order valence-electron chi connectivity index (χ0n) is 9.66. The molecule has 0 radical (unpaired) electrons. The molecule has 3 heteroatoms. The summed E-state index contributed by atoms with van der Waals surface area (Å²) in [5.74, 6) is 0. The molecule has 0 saturated carbocycles. The highest BCUT2D eigenvalue weighted by atomic mass is 16.3. The van der Waals surface area contributed by atoms with E-state index in [2.05, 4.69) is 25.7 Å². The Morgan fingerprint density at radius 3 is 2.57 bits per heavy atom. The lowest BCUT2D eigenvalue weighted by Crippen LogP contribution is -2.38. The summed E-state index contributed by atoms with van der Waals surface area (Å²) < 4.78 is 0. The highest BCUT2D eigenvalue weighted by molar-refractivity contribution is 4.80. The predicted octanol–water partition coefficient (Wildman–Crippen LogP) is 0.817. The molecule has 84 valence electrons. The lowest BCUT2D eigenvalue weighted by Gasteiger charge is -2.28. The van der Waals surface area contributed by atoms with Crippen LogP contribution in [0, 0.1) is 5.41 Å². The number of hydrogen-bond donors (Lipinski definition) is 2. The molecule has 1 aliphatic rings. The number of nitrogens with zero attached hydrogens (tertiary/aromatic N) is 1. The van der Waals surface area contributed by atoms with Crippen molar-refractivity contribution >= 4 is 0 Å². The maximum atomic E-state index is 9.35. The van der Waals surface area contributed by atoms with Crippen molar-refractivity contribution in [2.24, 2.45) is 11.1 Å². The van der Waals surface area contributed by atoms with Crippen LogP contribution in [0.2, 0.25) is 0 Å². The van der Waals surface area contributed by atoms with E-state index in [1.165, 1.54) is 0 Å². The van der Waals surface area contributed by atoms with E-state index in [9.17, 15) is 5.11 Å². The average Bonchev–Trinajstić information content (AvgIpc) is 2.45. The van der Waals surface area contributed by atoms with Crippen LogP contribution in [0.15, 0.2) is 0 Å². The second kappa shape index (κ2) is 4.60. The van der Waals surface area contributed by atoms with Gasteiger partial charge in [-0.3, -0.25) is 0 Å². The Morgan fingerprint density at radius 1 is 1.50 bits per heavy atom. The Bertz CT molecular complexity index is 177. The largest absolute Gasteiger partial charge is 0.392 e. The summed E-state index contributed by atoms with van der Waals surface area (Å²) in [6.45, 7) is 9.41. The van der Waals surface area contributed by atoms with E-state index in [4.69, 9.17) is 5.73 Å². The van der Waals surface area contributed by atoms with Crippen molar-refractivity contribution in [3.63, 3.8) is 0 Å². The minimum atomic E-state index is -0.110. The molecule has 3 N–H and O–H groups in total. The molecule has 1 heterocycles. The van der Waals surface area contributed by atoms with Gasteiger partial charge in [0, 0.05) is 19.1 Å². The monoisotopic (exact) mass is 200 g/mol. The fourth-order valence-electron chi connectivity index (χ4n) is 1.77. The van der Waals surface area contributed by atoms with Crippen LogP contribution in [0.25, 0.3) is 0 Å². The first kappa shape index (κ1) is 12.0. The zero-order valence-corrected chi connectivity index (χ0v) is 9.66. The Labute approximate surface area is 87.3 Å². The second-order valence-electron chi connectivity index (χ2n) is 5.50. The summed E-state index contributed by atoms with van der Waals surface area (Å²) in [4.78, 5) is 2.30. The molecule has 0 aromatic carbocycles. The fourth-order valence-corrected chi connectivity index (χ4v) is 1.77. The molecule has 0 spiro atoms. The molecular formula is C11H24N2O. The third kappa shape index (κ3) is 3.56. The first-order chi connectivity index (χ1) is 6.39. The standard InChI is InChI=1S/C11H24N2O/c1-11(2,3)10(12)5-7-13-6-4-9(14)8-13/h9-10,14H,4-8,12H2,1-3H3. The molecule has 0 aromatic rings. The topological polar surface area (TPSA) is 49.5 Å². The average molecular weight is 200 g/mol. The second-order valence-corrected chi connectivity index (χ2v) is 5.50. The number of rotatable bonds is 3. The molecule has 1 aliphatic heterocycles. The maximum Gasteiger partial charge on any atom is 0.0679 e. The molecule has 0 aromatic heterocycles. The Hall–Kier alpha value is -0.120. The molecule has 0 amide bonds. The number of likely N-dealkylation sites (tertiary alicyclic amines) is 1. The molecule has 0 bridgehead atoms. The van der Waals surface area contributed by atoms with Crippen molar-refractivity contribution in [1.29, 1.82) is 0 Å². The van der Waals surface area contributed by atoms with E-state index in [1.807, 2.05) is 0 Å². The molecule has 1 saturated heterocycles. The molecule has 2 unspecified atom stereocenters. The van der Waals surface area contributed by atoms with E-state index in [0.29, 0.717) is 0 Å². The van der Waals surface area contributed by atoms with Gasteiger partial charge in [-0.15, -0.1) is 0 Å². The minimum Gasteiger partial charge on any atom is -0.392 e.